The van der Waals surface area contributed by atoms with Crippen LogP contribution in [0.4, 0.5) is 4.79 Å². The van der Waals surface area contributed by atoms with Gasteiger partial charge in [0.2, 0.25) is 0 Å². The first-order valence-corrected chi connectivity index (χ1v) is 7.44. The summed E-state index contributed by atoms with van der Waals surface area (Å²) in [5, 5.41) is 11.5. The number of aliphatic carboxylic acids is 1. The van der Waals surface area contributed by atoms with Gasteiger partial charge in [0.15, 0.2) is 0 Å². The number of rotatable bonds is 6. The predicted octanol–water partition coefficient (Wildman–Crippen LogP) is 1.45. The molecule has 2 aliphatic heterocycles. The number of carbonyl (C=O) groups excluding carboxylic acids is 1. The molecule has 3 unspecified atom stereocenters. The molecule has 6 heteroatoms. The van der Waals surface area contributed by atoms with E-state index in [2.05, 4.69) is 5.32 Å². The number of carbonyl (C=O) groups is 2. The first-order valence-electron chi connectivity index (χ1n) is 7.44. The van der Waals surface area contributed by atoms with Crippen molar-refractivity contribution in [2.24, 2.45) is 5.92 Å². The molecule has 0 aromatic heterocycles. The van der Waals surface area contributed by atoms with Crippen molar-refractivity contribution in [1.29, 1.82) is 0 Å². The zero-order valence-electron chi connectivity index (χ0n) is 12.0. The molecule has 0 aromatic carbocycles. The van der Waals surface area contributed by atoms with Gasteiger partial charge in [0.1, 0.15) is 0 Å². The van der Waals surface area contributed by atoms with Crippen LogP contribution >= 0.6 is 0 Å². The highest BCUT2D eigenvalue weighted by atomic mass is 16.5. The summed E-state index contributed by atoms with van der Waals surface area (Å²) in [6.45, 7) is 4.00. The summed E-state index contributed by atoms with van der Waals surface area (Å²) in [6, 6.07) is -0.0179. The maximum absolute atomic E-state index is 12.0. The Hall–Kier alpha value is -1.30. The molecule has 3 atom stereocenters. The van der Waals surface area contributed by atoms with Crippen LogP contribution in [0.2, 0.25) is 0 Å². The second-order valence-electron chi connectivity index (χ2n) is 5.92. The van der Waals surface area contributed by atoms with E-state index < -0.39 is 5.97 Å². The third kappa shape index (κ3) is 4.37. The molecule has 2 amide bonds. The average Bonchev–Trinajstić information content (AvgIpc) is 2.75. The number of nitrogens with zero attached hydrogens (tertiary/aromatic N) is 1. The molecule has 2 aliphatic rings. The molecule has 20 heavy (non-hydrogen) atoms. The molecular weight excluding hydrogens is 260 g/mol. The molecule has 2 N–H and O–H groups in total. The van der Waals surface area contributed by atoms with Crippen LogP contribution in [-0.2, 0) is 9.53 Å². The Labute approximate surface area is 119 Å². The number of fused-ring (bicyclic) bond motifs is 2. The van der Waals surface area contributed by atoms with Gasteiger partial charge in [-0.2, -0.15) is 0 Å². The third-order valence-corrected chi connectivity index (χ3v) is 4.10. The van der Waals surface area contributed by atoms with Gasteiger partial charge in [0.05, 0.1) is 12.2 Å². The highest BCUT2D eigenvalue weighted by Crippen LogP contribution is 2.26. The fraction of sp³-hybridized carbons (Fsp3) is 0.857. The van der Waals surface area contributed by atoms with E-state index in [1.54, 1.807) is 0 Å². The normalized spacial score (nSPS) is 26.4. The van der Waals surface area contributed by atoms with E-state index in [1.165, 1.54) is 0 Å². The monoisotopic (exact) mass is 284 g/mol. The summed E-state index contributed by atoms with van der Waals surface area (Å²) in [7, 11) is 0. The molecule has 0 radical (unpaired) electrons. The van der Waals surface area contributed by atoms with Gasteiger partial charge >= 0.3 is 12.0 Å². The van der Waals surface area contributed by atoms with E-state index in [-0.39, 0.29) is 24.7 Å². The van der Waals surface area contributed by atoms with Crippen molar-refractivity contribution in [1.82, 2.24) is 10.2 Å². The Morgan fingerprint density at radius 2 is 1.95 bits per heavy atom. The Balaban J connectivity index is 1.61. The van der Waals surface area contributed by atoms with E-state index in [4.69, 9.17) is 9.84 Å². The molecule has 2 bridgehead atoms. The van der Waals surface area contributed by atoms with Gasteiger partial charge in [0, 0.05) is 26.1 Å². The minimum Gasteiger partial charge on any atom is -0.481 e. The Morgan fingerprint density at radius 1 is 1.30 bits per heavy atom. The van der Waals surface area contributed by atoms with E-state index in [9.17, 15) is 9.59 Å². The Kier molecular flexibility index (Phi) is 5.23. The second kappa shape index (κ2) is 6.92. The number of hydrogen-bond acceptors (Lipinski definition) is 3. The van der Waals surface area contributed by atoms with Gasteiger partial charge in [-0.1, -0.05) is 6.92 Å². The lowest BCUT2D eigenvalue weighted by Crippen LogP contribution is -2.50. The number of morpholine rings is 1. The van der Waals surface area contributed by atoms with Crippen LogP contribution in [0, 0.1) is 5.92 Å². The van der Waals surface area contributed by atoms with Gasteiger partial charge in [-0.3, -0.25) is 4.79 Å². The molecule has 2 fully saturated rings. The van der Waals surface area contributed by atoms with Crippen LogP contribution in [0.1, 0.15) is 39.0 Å². The van der Waals surface area contributed by atoms with Crippen molar-refractivity contribution in [2.75, 3.05) is 19.6 Å². The molecule has 2 heterocycles. The van der Waals surface area contributed by atoms with Gasteiger partial charge in [-0.25, -0.2) is 4.79 Å². The van der Waals surface area contributed by atoms with E-state index in [1.807, 2.05) is 11.8 Å². The van der Waals surface area contributed by atoms with Crippen LogP contribution in [0.25, 0.3) is 0 Å². The molecule has 0 spiro atoms. The number of carboxylic acids is 1. The topological polar surface area (TPSA) is 78.9 Å². The maximum atomic E-state index is 12.0. The maximum Gasteiger partial charge on any atom is 0.317 e. The Bertz CT molecular complexity index is 349. The van der Waals surface area contributed by atoms with Crippen molar-refractivity contribution >= 4 is 12.0 Å². The first kappa shape index (κ1) is 15.1. The van der Waals surface area contributed by atoms with E-state index >= 15 is 0 Å². The number of nitrogens with one attached hydrogen (secondary N) is 1. The van der Waals surface area contributed by atoms with Crippen LogP contribution < -0.4 is 5.32 Å². The number of likely N-dealkylation sites (tertiary alicyclic amines) is 1. The number of urea groups is 1. The molecular formula is C14H24N2O4. The lowest BCUT2D eigenvalue weighted by atomic mass is 10.0. The number of hydrogen-bond donors (Lipinski definition) is 2. The van der Waals surface area contributed by atoms with Crippen LogP contribution in [0.3, 0.4) is 0 Å². The number of amides is 2. The summed E-state index contributed by atoms with van der Waals surface area (Å²) < 4.78 is 5.70. The minimum atomic E-state index is -0.760. The molecule has 6 nitrogen and oxygen atoms in total. The highest BCUT2D eigenvalue weighted by molar-refractivity contribution is 5.74. The van der Waals surface area contributed by atoms with Crippen LogP contribution in [0.5, 0.6) is 0 Å². The standard InChI is InChI=1S/C14H24N2O4/c1-10(2-5-13(17)18)6-7-15-14(19)16-8-11-3-4-12(9-16)20-11/h10-12H,2-9H2,1H3,(H,15,19)(H,17,18). The van der Waals surface area contributed by atoms with Crippen molar-refractivity contribution in [2.45, 2.75) is 51.2 Å². The van der Waals surface area contributed by atoms with Gasteiger partial charge in [-0.15, -0.1) is 0 Å². The predicted molar refractivity (Wildman–Crippen MR) is 73.5 cm³/mol. The number of carboxylic acid groups (broad SMARTS) is 1. The van der Waals surface area contributed by atoms with Crippen molar-refractivity contribution in [3.8, 4) is 0 Å². The highest BCUT2D eigenvalue weighted by Gasteiger charge is 2.35. The zero-order chi connectivity index (χ0) is 14.5. The molecule has 114 valence electrons. The largest absolute Gasteiger partial charge is 0.481 e. The molecule has 0 aromatic rings. The summed E-state index contributed by atoms with van der Waals surface area (Å²) in [5.41, 5.74) is 0. The minimum absolute atomic E-state index is 0.0179. The fourth-order valence-electron chi connectivity index (χ4n) is 2.83. The van der Waals surface area contributed by atoms with Crippen molar-refractivity contribution in [3.05, 3.63) is 0 Å². The smallest absolute Gasteiger partial charge is 0.317 e. The summed E-state index contributed by atoms with van der Waals surface area (Å²) in [4.78, 5) is 24.3. The lowest BCUT2D eigenvalue weighted by molar-refractivity contribution is -0.137. The second-order valence-corrected chi connectivity index (χ2v) is 5.92. The van der Waals surface area contributed by atoms with E-state index in [0.717, 1.165) is 19.3 Å². The van der Waals surface area contributed by atoms with Crippen LogP contribution in [-0.4, -0.2) is 53.8 Å². The lowest BCUT2D eigenvalue weighted by Gasteiger charge is -2.32. The SMILES string of the molecule is CC(CCNC(=O)N1CC2CCC(C1)O2)CCC(=O)O. The Morgan fingerprint density at radius 3 is 2.55 bits per heavy atom. The first-order chi connectivity index (χ1) is 9.54. The molecule has 0 saturated carbocycles. The average molecular weight is 284 g/mol. The summed E-state index contributed by atoms with van der Waals surface area (Å²) in [6.07, 6.45) is 4.22. The van der Waals surface area contributed by atoms with E-state index in [0.29, 0.717) is 32.0 Å². The summed E-state index contributed by atoms with van der Waals surface area (Å²) >= 11 is 0. The molecule has 2 rings (SSSR count). The number of ether oxygens (including phenoxy) is 1. The van der Waals surface area contributed by atoms with Crippen molar-refractivity contribution < 1.29 is 19.4 Å². The third-order valence-electron chi connectivity index (χ3n) is 4.10. The zero-order valence-corrected chi connectivity index (χ0v) is 12.0. The van der Waals surface area contributed by atoms with Crippen molar-refractivity contribution in [3.63, 3.8) is 0 Å². The van der Waals surface area contributed by atoms with Gasteiger partial charge < -0.3 is 20.1 Å². The molecule has 2 saturated heterocycles. The quantitative estimate of drug-likeness (QED) is 0.774. The van der Waals surface area contributed by atoms with Crippen LogP contribution in [0.15, 0.2) is 0 Å². The molecule has 0 aliphatic carbocycles. The summed E-state index contributed by atoms with van der Waals surface area (Å²) in [5.74, 6) is -0.447. The van der Waals surface area contributed by atoms with Gasteiger partial charge in [-0.05, 0) is 31.6 Å². The fourth-order valence-corrected chi connectivity index (χ4v) is 2.83. The van der Waals surface area contributed by atoms with Gasteiger partial charge in [0.25, 0.3) is 0 Å².